The highest BCUT2D eigenvalue weighted by Crippen LogP contribution is 2.35. The van der Waals surface area contributed by atoms with E-state index in [1.54, 1.807) is 23.3 Å². The second-order valence-electron chi connectivity index (χ2n) is 8.49. The second-order valence-corrected chi connectivity index (χ2v) is 9.49. The Morgan fingerprint density at radius 1 is 1.19 bits per heavy atom. The maximum Gasteiger partial charge on any atom is 0.242 e. The number of nitrogens with zero attached hydrogens (tertiary/aromatic N) is 2. The van der Waals surface area contributed by atoms with Gasteiger partial charge in [-0.15, -0.1) is 11.3 Å². The number of rotatable bonds is 9. The molecule has 3 rings (SSSR count). The van der Waals surface area contributed by atoms with E-state index < -0.39 is 0 Å². The van der Waals surface area contributed by atoms with Crippen LogP contribution in [0.5, 0.6) is 11.5 Å². The van der Waals surface area contributed by atoms with E-state index in [0.29, 0.717) is 24.7 Å². The van der Waals surface area contributed by atoms with Crippen molar-refractivity contribution in [2.45, 2.75) is 52.6 Å². The van der Waals surface area contributed by atoms with E-state index in [9.17, 15) is 9.59 Å². The lowest BCUT2D eigenvalue weighted by molar-refractivity contribution is -0.146. The van der Waals surface area contributed by atoms with Crippen LogP contribution in [0.3, 0.4) is 0 Å². The first-order valence-corrected chi connectivity index (χ1v) is 12.2. The Bertz CT molecular complexity index is 926. The molecular formula is C25H34N2O4S. The predicted molar refractivity (Wildman–Crippen MR) is 127 cm³/mol. The summed E-state index contributed by atoms with van der Waals surface area (Å²) in [5, 5.41) is 2.07. The number of thiophene rings is 1. The minimum Gasteiger partial charge on any atom is -0.493 e. The van der Waals surface area contributed by atoms with Crippen molar-refractivity contribution in [1.29, 1.82) is 0 Å². The molecule has 0 radical (unpaired) electrons. The number of carbonyl (C=O) groups is 2. The van der Waals surface area contributed by atoms with Crippen LogP contribution in [0.15, 0.2) is 35.7 Å². The van der Waals surface area contributed by atoms with E-state index >= 15 is 0 Å². The molecule has 1 aromatic carbocycles. The first-order valence-electron chi connectivity index (χ1n) is 11.3. The fourth-order valence-corrected chi connectivity index (χ4v) is 4.95. The number of hydrogen-bond donors (Lipinski definition) is 0. The van der Waals surface area contributed by atoms with Crippen molar-refractivity contribution in [3.63, 3.8) is 0 Å². The van der Waals surface area contributed by atoms with Gasteiger partial charge in [0, 0.05) is 23.4 Å². The van der Waals surface area contributed by atoms with Crippen molar-refractivity contribution in [3.8, 4) is 11.5 Å². The smallest absolute Gasteiger partial charge is 0.242 e. The molecule has 0 N–H and O–H groups in total. The number of hydrogen-bond acceptors (Lipinski definition) is 5. The third kappa shape index (κ3) is 5.26. The van der Waals surface area contributed by atoms with Crippen molar-refractivity contribution in [1.82, 2.24) is 9.80 Å². The number of benzene rings is 1. The molecule has 2 heterocycles. The lowest BCUT2D eigenvalue weighted by Gasteiger charge is -2.38. The van der Waals surface area contributed by atoms with Crippen LogP contribution in [0.4, 0.5) is 0 Å². The molecule has 0 fully saturated rings. The third-order valence-corrected chi connectivity index (χ3v) is 7.08. The first-order chi connectivity index (χ1) is 15.4. The Labute approximate surface area is 195 Å². The van der Waals surface area contributed by atoms with Gasteiger partial charge in [-0.2, -0.15) is 0 Å². The largest absolute Gasteiger partial charge is 0.493 e. The van der Waals surface area contributed by atoms with Crippen LogP contribution in [0, 0.1) is 5.92 Å². The maximum atomic E-state index is 13.5. The predicted octanol–water partition coefficient (Wildman–Crippen LogP) is 4.54. The van der Waals surface area contributed by atoms with Gasteiger partial charge in [0.15, 0.2) is 11.5 Å². The Balaban J connectivity index is 1.81. The summed E-state index contributed by atoms with van der Waals surface area (Å²) >= 11 is 1.72. The summed E-state index contributed by atoms with van der Waals surface area (Å²) in [6, 6.07) is 9.42. The molecule has 1 aliphatic rings. The molecule has 2 aromatic rings. The van der Waals surface area contributed by atoms with Crippen LogP contribution in [0.25, 0.3) is 0 Å². The Hall–Kier alpha value is -2.54. The molecule has 1 aromatic heterocycles. The highest BCUT2D eigenvalue weighted by Gasteiger charge is 2.34. The molecule has 0 aliphatic carbocycles. The molecule has 6 nitrogen and oxygen atoms in total. The van der Waals surface area contributed by atoms with E-state index in [-0.39, 0.29) is 36.4 Å². The number of para-hydroxylation sites is 2. The SMILES string of the molecule is CC[C@H](C)N(CC(=O)N1CCc2sccc2[C@H]1COc1ccccc1OC)C(=O)C(C)C. The molecule has 0 saturated heterocycles. The van der Waals surface area contributed by atoms with Crippen LogP contribution < -0.4 is 9.47 Å². The zero-order valence-corrected chi connectivity index (χ0v) is 20.5. The third-order valence-electron chi connectivity index (χ3n) is 6.09. The Morgan fingerprint density at radius 3 is 2.56 bits per heavy atom. The lowest BCUT2D eigenvalue weighted by atomic mass is 10.00. The zero-order chi connectivity index (χ0) is 23.3. The van der Waals surface area contributed by atoms with Gasteiger partial charge in [0.1, 0.15) is 13.2 Å². The summed E-state index contributed by atoms with van der Waals surface area (Å²) in [6.07, 6.45) is 1.63. The molecule has 0 unspecified atom stereocenters. The van der Waals surface area contributed by atoms with Crippen LogP contribution in [-0.2, 0) is 16.0 Å². The monoisotopic (exact) mass is 458 g/mol. The number of carbonyl (C=O) groups excluding carboxylic acids is 2. The van der Waals surface area contributed by atoms with Gasteiger partial charge < -0.3 is 19.3 Å². The summed E-state index contributed by atoms with van der Waals surface area (Å²) in [5.74, 6) is 1.15. The molecule has 0 saturated carbocycles. The zero-order valence-electron chi connectivity index (χ0n) is 19.7. The van der Waals surface area contributed by atoms with E-state index in [1.165, 1.54) is 4.88 Å². The molecule has 0 bridgehead atoms. The lowest BCUT2D eigenvalue weighted by Crippen LogP contribution is -2.50. The molecule has 2 atom stereocenters. The highest BCUT2D eigenvalue weighted by atomic mass is 32.1. The van der Waals surface area contributed by atoms with Crippen molar-refractivity contribution < 1.29 is 19.1 Å². The summed E-state index contributed by atoms with van der Waals surface area (Å²) < 4.78 is 11.5. The summed E-state index contributed by atoms with van der Waals surface area (Å²) in [7, 11) is 1.62. The molecule has 174 valence electrons. The highest BCUT2D eigenvalue weighted by molar-refractivity contribution is 7.10. The van der Waals surface area contributed by atoms with Gasteiger partial charge in [0.25, 0.3) is 0 Å². The average Bonchev–Trinajstić information content (AvgIpc) is 3.29. The van der Waals surface area contributed by atoms with E-state index in [4.69, 9.17) is 9.47 Å². The van der Waals surface area contributed by atoms with Gasteiger partial charge in [0.05, 0.1) is 13.2 Å². The number of ether oxygens (including phenoxy) is 2. The quantitative estimate of drug-likeness (QED) is 0.553. The minimum atomic E-state index is -0.199. The van der Waals surface area contributed by atoms with E-state index in [1.807, 2.05) is 56.9 Å². The number of fused-ring (bicyclic) bond motifs is 1. The summed E-state index contributed by atoms with van der Waals surface area (Å²) in [5.41, 5.74) is 1.13. The van der Waals surface area contributed by atoms with Gasteiger partial charge >= 0.3 is 0 Å². The van der Waals surface area contributed by atoms with Crippen LogP contribution in [0.2, 0.25) is 0 Å². The van der Waals surface area contributed by atoms with E-state index in [0.717, 1.165) is 18.4 Å². The Kier molecular flexibility index (Phi) is 8.18. The summed E-state index contributed by atoms with van der Waals surface area (Å²) in [4.78, 5) is 31.2. The second kappa shape index (κ2) is 10.9. The molecule has 32 heavy (non-hydrogen) atoms. The van der Waals surface area contributed by atoms with Crippen LogP contribution in [-0.4, -0.2) is 54.5 Å². The van der Waals surface area contributed by atoms with Gasteiger partial charge in [0.2, 0.25) is 11.8 Å². The molecule has 7 heteroatoms. The van der Waals surface area contributed by atoms with Gasteiger partial charge in [-0.3, -0.25) is 9.59 Å². The molecule has 1 aliphatic heterocycles. The van der Waals surface area contributed by atoms with E-state index in [2.05, 4.69) is 11.4 Å². The molecular weight excluding hydrogens is 424 g/mol. The average molecular weight is 459 g/mol. The molecule has 0 spiro atoms. The van der Waals surface area contributed by atoms with Crippen LogP contribution >= 0.6 is 11.3 Å². The fraction of sp³-hybridized carbons (Fsp3) is 0.520. The normalized spacial score (nSPS) is 16.4. The topological polar surface area (TPSA) is 59.1 Å². The van der Waals surface area contributed by atoms with Crippen molar-refractivity contribution >= 4 is 23.2 Å². The first kappa shape index (κ1) is 24.1. The number of methoxy groups -OCH3 is 1. The van der Waals surface area contributed by atoms with Crippen molar-refractivity contribution in [3.05, 3.63) is 46.2 Å². The summed E-state index contributed by atoms with van der Waals surface area (Å²) in [6.45, 7) is 8.85. The van der Waals surface area contributed by atoms with Gasteiger partial charge in [-0.05, 0) is 48.9 Å². The standard InChI is InChI=1S/C25H34N2O4S/c1-6-18(4)27(25(29)17(2)3)15-24(28)26-13-11-23-19(12-14-32-23)20(26)16-31-22-10-8-7-9-21(22)30-5/h7-10,12,14,17-18,20H,6,11,13,15-16H2,1-5H3/t18-,20+/m0/s1. The Morgan fingerprint density at radius 2 is 1.91 bits per heavy atom. The van der Waals surface area contributed by atoms with Crippen molar-refractivity contribution in [2.24, 2.45) is 5.92 Å². The molecule has 2 amide bonds. The van der Waals surface area contributed by atoms with Gasteiger partial charge in [-0.25, -0.2) is 0 Å². The number of amides is 2. The van der Waals surface area contributed by atoms with Gasteiger partial charge in [-0.1, -0.05) is 32.9 Å². The van der Waals surface area contributed by atoms with Crippen LogP contribution in [0.1, 0.15) is 50.6 Å². The van der Waals surface area contributed by atoms with Crippen molar-refractivity contribution in [2.75, 3.05) is 26.8 Å². The minimum absolute atomic E-state index is 0.0126. The maximum absolute atomic E-state index is 13.5. The fourth-order valence-electron chi connectivity index (χ4n) is 4.02.